The number of benzene rings is 2. The Balaban J connectivity index is 1.71. The van der Waals surface area contributed by atoms with Crippen molar-refractivity contribution in [3.8, 4) is 5.75 Å². The second-order valence-corrected chi connectivity index (χ2v) is 6.34. The second kappa shape index (κ2) is 7.76. The molecule has 0 bridgehead atoms. The Morgan fingerprint density at radius 2 is 1.96 bits per heavy atom. The Morgan fingerprint density at radius 3 is 2.65 bits per heavy atom. The number of halogens is 1. The van der Waals surface area contributed by atoms with Gasteiger partial charge in [0.2, 0.25) is 5.91 Å². The summed E-state index contributed by atoms with van der Waals surface area (Å²) in [5.41, 5.74) is 1.05. The van der Waals surface area contributed by atoms with Crippen LogP contribution >= 0.6 is 11.6 Å². The lowest BCUT2D eigenvalue weighted by Crippen LogP contribution is -2.53. The van der Waals surface area contributed by atoms with Crippen LogP contribution in [0, 0.1) is 0 Å². The molecule has 0 radical (unpaired) electrons. The average molecular weight is 375 g/mol. The lowest BCUT2D eigenvalue weighted by atomic mass is 10.1. The number of ether oxygens (including phenoxy) is 1. The molecule has 26 heavy (non-hydrogen) atoms. The third-order valence-corrected chi connectivity index (χ3v) is 4.68. The van der Waals surface area contributed by atoms with E-state index in [2.05, 4.69) is 0 Å². The van der Waals surface area contributed by atoms with E-state index in [1.165, 1.54) is 4.90 Å². The molecule has 136 valence electrons. The number of carbonyl (C=O) groups excluding carboxylic acids is 2. The standard InChI is InChI=1S/C19H19ClN2O4/c1-26-14-6-4-5-13(11-14)22-10-9-21(12-17(22)23)19(25)18(24)15-7-2-3-8-16(15)20/h2-8,11,18,24H,9-10,12H2,1H3/t18-/m1/s1. The molecule has 1 fully saturated rings. The van der Waals surface area contributed by atoms with Gasteiger partial charge in [-0.2, -0.15) is 0 Å². The van der Waals surface area contributed by atoms with Crippen LogP contribution in [0.15, 0.2) is 48.5 Å². The Bertz CT molecular complexity index is 827. The fraction of sp³-hybridized carbons (Fsp3) is 0.263. The smallest absolute Gasteiger partial charge is 0.256 e. The van der Waals surface area contributed by atoms with Crippen LogP contribution in [0.2, 0.25) is 5.02 Å². The minimum absolute atomic E-state index is 0.0996. The van der Waals surface area contributed by atoms with Gasteiger partial charge in [0.15, 0.2) is 6.10 Å². The molecule has 1 saturated heterocycles. The molecule has 0 saturated carbocycles. The maximum Gasteiger partial charge on any atom is 0.256 e. The van der Waals surface area contributed by atoms with Crippen LogP contribution in [0.25, 0.3) is 0 Å². The van der Waals surface area contributed by atoms with Gasteiger partial charge in [-0.15, -0.1) is 0 Å². The van der Waals surface area contributed by atoms with Crippen molar-refractivity contribution >= 4 is 29.1 Å². The number of amides is 2. The van der Waals surface area contributed by atoms with Crippen LogP contribution in [-0.2, 0) is 9.59 Å². The Labute approximate surface area is 156 Å². The van der Waals surface area contributed by atoms with Crippen LogP contribution in [0.5, 0.6) is 5.75 Å². The molecular formula is C19H19ClN2O4. The maximum absolute atomic E-state index is 12.6. The van der Waals surface area contributed by atoms with Crippen molar-refractivity contribution < 1.29 is 19.4 Å². The van der Waals surface area contributed by atoms with Gasteiger partial charge in [-0.3, -0.25) is 9.59 Å². The molecule has 6 nitrogen and oxygen atoms in total. The van der Waals surface area contributed by atoms with Crippen LogP contribution in [-0.4, -0.2) is 48.6 Å². The predicted octanol–water partition coefficient (Wildman–Crippen LogP) is 2.26. The molecule has 1 aliphatic heterocycles. The van der Waals surface area contributed by atoms with Gasteiger partial charge in [0.25, 0.3) is 5.91 Å². The first-order valence-corrected chi connectivity index (χ1v) is 8.54. The molecule has 0 aliphatic carbocycles. The Hall–Kier alpha value is -2.57. The summed E-state index contributed by atoms with van der Waals surface area (Å²) in [6.45, 7) is 0.563. The normalized spacial score (nSPS) is 15.7. The summed E-state index contributed by atoms with van der Waals surface area (Å²) in [7, 11) is 1.56. The number of methoxy groups -OCH3 is 1. The van der Waals surface area contributed by atoms with E-state index in [-0.39, 0.29) is 12.5 Å². The zero-order valence-corrected chi connectivity index (χ0v) is 15.0. The number of piperazine rings is 1. The number of aliphatic hydroxyl groups excluding tert-OH is 1. The number of carbonyl (C=O) groups is 2. The van der Waals surface area contributed by atoms with Crippen LogP contribution < -0.4 is 9.64 Å². The first-order chi connectivity index (χ1) is 12.5. The summed E-state index contributed by atoms with van der Waals surface area (Å²) in [5, 5.41) is 10.7. The van der Waals surface area contributed by atoms with Crippen molar-refractivity contribution in [3.63, 3.8) is 0 Å². The second-order valence-electron chi connectivity index (χ2n) is 5.93. The number of rotatable bonds is 4. The van der Waals surface area contributed by atoms with E-state index >= 15 is 0 Å². The number of nitrogens with zero attached hydrogens (tertiary/aromatic N) is 2. The molecule has 1 N–H and O–H groups in total. The Kier molecular flexibility index (Phi) is 5.44. The predicted molar refractivity (Wildman–Crippen MR) is 98.3 cm³/mol. The molecule has 0 aromatic heterocycles. The van der Waals surface area contributed by atoms with E-state index < -0.39 is 12.0 Å². The highest BCUT2D eigenvalue weighted by Gasteiger charge is 2.32. The topological polar surface area (TPSA) is 70.1 Å². The zero-order chi connectivity index (χ0) is 18.7. The number of hydrogen-bond donors (Lipinski definition) is 1. The molecule has 0 unspecified atom stereocenters. The van der Waals surface area contributed by atoms with E-state index in [1.54, 1.807) is 54.5 Å². The molecule has 7 heteroatoms. The van der Waals surface area contributed by atoms with Crippen molar-refractivity contribution in [2.75, 3.05) is 31.6 Å². The van der Waals surface area contributed by atoms with Crippen LogP contribution in [0.4, 0.5) is 5.69 Å². The molecule has 1 aliphatic rings. The molecule has 2 amide bonds. The number of hydrogen-bond acceptors (Lipinski definition) is 4. The van der Waals surface area contributed by atoms with E-state index in [1.807, 2.05) is 6.07 Å². The lowest BCUT2D eigenvalue weighted by Gasteiger charge is -2.35. The van der Waals surface area contributed by atoms with Crippen molar-refractivity contribution in [1.82, 2.24) is 4.90 Å². The van der Waals surface area contributed by atoms with Crippen molar-refractivity contribution in [3.05, 3.63) is 59.1 Å². The summed E-state index contributed by atoms with van der Waals surface area (Å²) < 4.78 is 5.18. The average Bonchev–Trinajstić information content (AvgIpc) is 2.67. The van der Waals surface area contributed by atoms with Crippen molar-refractivity contribution in [2.24, 2.45) is 0 Å². The highest BCUT2D eigenvalue weighted by atomic mass is 35.5. The quantitative estimate of drug-likeness (QED) is 0.891. The van der Waals surface area contributed by atoms with Gasteiger partial charge in [-0.1, -0.05) is 35.9 Å². The fourth-order valence-electron chi connectivity index (χ4n) is 2.92. The summed E-state index contributed by atoms with van der Waals surface area (Å²) in [5.74, 6) is -0.0936. The SMILES string of the molecule is COc1cccc(N2CCN(C(=O)[C@H](O)c3ccccc3Cl)CC2=O)c1. The third-order valence-electron chi connectivity index (χ3n) is 4.33. The van der Waals surface area contributed by atoms with Gasteiger partial charge in [0.1, 0.15) is 12.3 Å². The first-order valence-electron chi connectivity index (χ1n) is 8.17. The van der Waals surface area contributed by atoms with Crippen molar-refractivity contribution in [2.45, 2.75) is 6.10 Å². The van der Waals surface area contributed by atoms with Gasteiger partial charge >= 0.3 is 0 Å². The molecule has 0 spiro atoms. The van der Waals surface area contributed by atoms with E-state index in [0.29, 0.717) is 35.1 Å². The third kappa shape index (κ3) is 3.66. The summed E-state index contributed by atoms with van der Waals surface area (Å²) in [6.07, 6.45) is -1.39. The summed E-state index contributed by atoms with van der Waals surface area (Å²) in [4.78, 5) is 28.0. The van der Waals surface area contributed by atoms with Crippen molar-refractivity contribution in [1.29, 1.82) is 0 Å². The highest BCUT2D eigenvalue weighted by Crippen LogP contribution is 2.26. The van der Waals surface area contributed by atoms with Gasteiger partial charge in [-0.05, 0) is 18.2 Å². The van der Waals surface area contributed by atoms with E-state index in [0.717, 1.165) is 0 Å². The van der Waals surface area contributed by atoms with Crippen LogP contribution in [0.3, 0.4) is 0 Å². The molecular weight excluding hydrogens is 356 g/mol. The highest BCUT2D eigenvalue weighted by molar-refractivity contribution is 6.31. The monoisotopic (exact) mass is 374 g/mol. The molecule has 3 rings (SSSR count). The maximum atomic E-state index is 12.6. The fourth-order valence-corrected chi connectivity index (χ4v) is 3.15. The summed E-state index contributed by atoms with van der Waals surface area (Å²) >= 11 is 6.04. The minimum Gasteiger partial charge on any atom is -0.497 e. The van der Waals surface area contributed by atoms with Crippen LogP contribution in [0.1, 0.15) is 11.7 Å². The molecule has 2 aromatic rings. The van der Waals surface area contributed by atoms with Gasteiger partial charge in [0.05, 0.1) is 7.11 Å². The largest absolute Gasteiger partial charge is 0.497 e. The van der Waals surface area contributed by atoms with Gasteiger partial charge < -0.3 is 19.6 Å². The summed E-state index contributed by atoms with van der Waals surface area (Å²) in [6, 6.07) is 13.8. The number of aliphatic hydroxyl groups is 1. The lowest BCUT2D eigenvalue weighted by molar-refractivity contribution is -0.144. The molecule has 2 aromatic carbocycles. The van der Waals surface area contributed by atoms with E-state index in [4.69, 9.17) is 16.3 Å². The Morgan fingerprint density at radius 1 is 1.19 bits per heavy atom. The molecule has 1 atom stereocenters. The minimum atomic E-state index is -1.39. The van der Waals surface area contributed by atoms with Gasteiger partial charge in [0, 0.05) is 35.4 Å². The number of anilines is 1. The van der Waals surface area contributed by atoms with Gasteiger partial charge in [-0.25, -0.2) is 0 Å². The molecule has 1 heterocycles. The first kappa shape index (κ1) is 18.2. The van der Waals surface area contributed by atoms with E-state index in [9.17, 15) is 14.7 Å². The zero-order valence-electron chi connectivity index (χ0n) is 14.3.